The average molecular weight is 474 g/mol. The Bertz CT molecular complexity index is 859. The first kappa shape index (κ1) is 25.0. The number of aromatic nitrogens is 3. The third kappa shape index (κ3) is 6.87. The molecule has 32 heavy (non-hydrogen) atoms. The van der Waals surface area contributed by atoms with Crippen LogP contribution in [-0.2, 0) is 19.2 Å². The van der Waals surface area contributed by atoms with Gasteiger partial charge in [0.2, 0.25) is 5.88 Å². The first-order valence-corrected chi connectivity index (χ1v) is 8.12. The fourth-order valence-electron chi connectivity index (χ4n) is 1.73. The molecule has 2 aromatic rings. The summed E-state index contributed by atoms with van der Waals surface area (Å²) < 4.78 is 86.7. The molecule has 2 aromatic heterocycles. The van der Waals surface area contributed by atoms with Crippen molar-refractivity contribution in [3.05, 3.63) is 42.9 Å². The Labute approximate surface area is 173 Å². The van der Waals surface area contributed by atoms with Crippen LogP contribution in [0, 0.1) is 0 Å². The Kier molecular flexibility index (Phi) is 8.08. The smallest absolute Gasteiger partial charge is 0.411 e. The molecule has 0 saturated carbocycles. The van der Waals surface area contributed by atoms with Gasteiger partial charge >= 0.3 is 30.3 Å². The molecule has 11 nitrogen and oxygen atoms in total. The number of aliphatic hydroxyl groups excluding tert-OH is 1. The number of rotatable bonds is 10. The minimum absolute atomic E-state index is 0.485. The average Bonchev–Trinajstić information content (AvgIpc) is 2.70. The molecular formula is C15H12F6N4O7. The van der Waals surface area contributed by atoms with Gasteiger partial charge < -0.3 is 19.4 Å². The fraction of sp³-hybridized carbons (Fsp3) is 0.333. The number of carbonyl (C=O) groups excluding carboxylic acids is 1. The van der Waals surface area contributed by atoms with E-state index >= 15 is 0 Å². The number of hydrogen-bond acceptors (Lipinski definition) is 11. The molecule has 1 N–H and O–H groups in total. The summed E-state index contributed by atoms with van der Waals surface area (Å²) in [5.41, 5.74) is 0. The van der Waals surface area contributed by atoms with E-state index in [1.165, 1.54) is 12.1 Å². The molecule has 2 heterocycles. The molecule has 0 aliphatic carbocycles. The molecule has 1 atom stereocenters. The molecular weight excluding hydrogens is 462 g/mol. The van der Waals surface area contributed by atoms with Gasteiger partial charge in [-0.2, -0.15) is 18.0 Å². The van der Waals surface area contributed by atoms with Crippen molar-refractivity contribution in [2.75, 3.05) is 13.2 Å². The summed E-state index contributed by atoms with van der Waals surface area (Å²) in [6.45, 7) is -1.60. The van der Waals surface area contributed by atoms with Crippen molar-refractivity contribution in [3.63, 3.8) is 0 Å². The summed E-state index contributed by atoms with van der Waals surface area (Å²) in [5, 5.41) is 8.31. The van der Waals surface area contributed by atoms with Gasteiger partial charge in [0.25, 0.3) is 0 Å². The van der Waals surface area contributed by atoms with E-state index in [-0.39, 0.29) is 0 Å². The third-order valence-corrected chi connectivity index (χ3v) is 2.92. The van der Waals surface area contributed by atoms with E-state index < -0.39 is 54.8 Å². The summed E-state index contributed by atoms with van der Waals surface area (Å²) >= 11 is 0. The Morgan fingerprint density at radius 1 is 1.00 bits per heavy atom. The van der Waals surface area contributed by atoms with Gasteiger partial charge in [0, 0.05) is 24.7 Å². The second-order valence-electron chi connectivity index (χ2n) is 5.21. The van der Waals surface area contributed by atoms with Gasteiger partial charge in [-0.05, 0) is 12.1 Å². The standard InChI is InChI=1S/C15H12F6N4O7/c16-14(17,18)13(11(27)29-15(19,20)21,30-12-23-6-3-7-24-12)32-25(28-9-8-26)31-10-4-1-2-5-22-10/h1-7,26H,8-9H2. The SMILES string of the molecule is O=C(OC(F)(F)F)C(Oc1ncccn1)(ON(OCCO)Oc1ccccn1)C(F)(F)F. The van der Waals surface area contributed by atoms with E-state index in [4.69, 9.17) is 9.94 Å². The van der Waals surface area contributed by atoms with Crippen LogP contribution in [0.4, 0.5) is 26.3 Å². The molecule has 0 fully saturated rings. The molecule has 0 aliphatic rings. The van der Waals surface area contributed by atoms with Crippen LogP contribution in [0.3, 0.4) is 0 Å². The Balaban J connectivity index is 2.50. The molecule has 1 unspecified atom stereocenters. The summed E-state index contributed by atoms with van der Waals surface area (Å²) in [6, 6.07) is 3.71. The van der Waals surface area contributed by atoms with Gasteiger partial charge in [-0.15, -0.1) is 13.2 Å². The maximum absolute atomic E-state index is 13.9. The maximum atomic E-state index is 13.9. The number of alkyl halides is 6. The number of esters is 1. The van der Waals surface area contributed by atoms with Crippen LogP contribution < -0.4 is 9.57 Å². The van der Waals surface area contributed by atoms with E-state index in [0.29, 0.717) is 0 Å². The first-order chi connectivity index (χ1) is 15.0. The van der Waals surface area contributed by atoms with Crippen molar-refractivity contribution in [3.8, 4) is 11.9 Å². The number of nitrogens with zero attached hydrogens (tertiary/aromatic N) is 4. The second-order valence-corrected chi connectivity index (χ2v) is 5.21. The van der Waals surface area contributed by atoms with Gasteiger partial charge in [-0.3, -0.25) is 0 Å². The lowest BCUT2D eigenvalue weighted by atomic mass is 10.2. The first-order valence-electron chi connectivity index (χ1n) is 8.12. The molecule has 0 bridgehead atoms. The lowest BCUT2D eigenvalue weighted by Gasteiger charge is -2.33. The minimum Gasteiger partial charge on any atom is -0.411 e. The summed E-state index contributed by atoms with van der Waals surface area (Å²) in [4.78, 5) is 35.7. The number of halogens is 6. The minimum atomic E-state index is -6.05. The Morgan fingerprint density at radius 2 is 1.66 bits per heavy atom. The van der Waals surface area contributed by atoms with Crippen molar-refractivity contribution in [2.45, 2.75) is 18.3 Å². The van der Waals surface area contributed by atoms with E-state index in [0.717, 1.165) is 30.7 Å². The van der Waals surface area contributed by atoms with Crippen LogP contribution in [0.1, 0.15) is 0 Å². The van der Waals surface area contributed by atoms with E-state index in [1.807, 2.05) is 0 Å². The van der Waals surface area contributed by atoms with Crippen LogP contribution >= 0.6 is 0 Å². The normalized spacial score (nSPS) is 14.0. The van der Waals surface area contributed by atoms with Gasteiger partial charge in [-0.25, -0.2) is 24.6 Å². The van der Waals surface area contributed by atoms with Crippen molar-refractivity contribution in [2.24, 2.45) is 0 Å². The predicted octanol–water partition coefficient (Wildman–Crippen LogP) is 1.72. The molecule has 2 rings (SSSR count). The number of pyridine rings is 1. The number of carbonyl (C=O) groups is 1. The monoisotopic (exact) mass is 474 g/mol. The predicted molar refractivity (Wildman–Crippen MR) is 84.4 cm³/mol. The lowest BCUT2D eigenvalue weighted by Crippen LogP contribution is -2.63. The van der Waals surface area contributed by atoms with Crippen molar-refractivity contribution in [1.29, 1.82) is 0 Å². The number of aliphatic hydroxyl groups is 1. The fourth-order valence-corrected chi connectivity index (χ4v) is 1.73. The maximum Gasteiger partial charge on any atom is 0.575 e. The topological polar surface area (TPSA) is 125 Å². The quantitative estimate of drug-likeness (QED) is 0.234. The highest BCUT2D eigenvalue weighted by Crippen LogP contribution is 2.38. The van der Waals surface area contributed by atoms with Gasteiger partial charge in [-0.1, -0.05) is 6.07 Å². The van der Waals surface area contributed by atoms with E-state index in [2.05, 4.69) is 34.1 Å². The van der Waals surface area contributed by atoms with Gasteiger partial charge in [0.05, 0.1) is 13.2 Å². The zero-order valence-corrected chi connectivity index (χ0v) is 15.4. The molecule has 0 aromatic carbocycles. The highest BCUT2D eigenvalue weighted by molar-refractivity contribution is 5.79. The summed E-state index contributed by atoms with van der Waals surface area (Å²) in [7, 11) is 0. The van der Waals surface area contributed by atoms with Crippen LogP contribution in [0.25, 0.3) is 0 Å². The van der Waals surface area contributed by atoms with Crippen molar-refractivity contribution >= 4 is 5.97 Å². The molecule has 0 spiro atoms. The zero-order valence-electron chi connectivity index (χ0n) is 15.4. The number of hydrogen-bond donors (Lipinski definition) is 1. The molecule has 176 valence electrons. The van der Waals surface area contributed by atoms with Crippen LogP contribution in [0.15, 0.2) is 42.9 Å². The lowest BCUT2D eigenvalue weighted by molar-refractivity contribution is -0.557. The Hall–Kier alpha value is -3.28. The number of ether oxygens (including phenoxy) is 2. The van der Waals surface area contributed by atoms with Crippen LogP contribution in [-0.4, -0.2) is 63.0 Å². The molecule has 0 saturated heterocycles. The molecule has 17 heteroatoms. The van der Waals surface area contributed by atoms with Crippen molar-refractivity contribution < 1.29 is 60.2 Å². The third-order valence-electron chi connectivity index (χ3n) is 2.92. The molecule has 0 radical (unpaired) electrons. The summed E-state index contributed by atoms with van der Waals surface area (Å²) in [5.74, 6) is -8.48. The van der Waals surface area contributed by atoms with E-state index in [9.17, 15) is 31.1 Å². The van der Waals surface area contributed by atoms with Gasteiger partial charge in [0.15, 0.2) is 0 Å². The van der Waals surface area contributed by atoms with E-state index in [1.54, 1.807) is 0 Å². The highest BCUT2D eigenvalue weighted by atomic mass is 19.4. The van der Waals surface area contributed by atoms with Crippen LogP contribution in [0.2, 0.25) is 0 Å². The molecule has 0 aliphatic heterocycles. The zero-order chi connectivity index (χ0) is 23.8. The largest absolute Gasteiger partial charge is 0.575 e. The summed E-state index contributed by atoms with van der Waals surface area (Å²) in [6.07, 6.45) is -9.06. The molecule has 0 amide bonds. The Morgan fingerprint density at radius 3 is 2.19 bits per heavy atom. The highest BCUT2D eigenvalue weighted by Gasteiger charge is 2.71. The van der Waals surface area contributed by atoms with Crippen molar-refractivity contribution in [1.82, 2.24) is 20.3 Å². The second kappa shape index (κ2) is 10.4. The van der Waals surface area contributed by atoms with Crippen LogP contribution in [0.5, 0.6) is 11.9 Å². The van der Waals surface area contributed by atoms with Gasteiger partial charge in [0.1, 0.15) is 5.39 Å².